The van der Waals surface area contributed by atoms with Crippen molar-refractivity contribution >= 4 is 40.5 Å². The standard InChI is InChI=1S/C30H32N4O4.C2H2O4/c1-37-30(36)23-11-13-24(14-12-23)31-29(35)20-33-17-15-22(16-18-33)19-34-27-10-6-5-9-26(27)32-28(34)21-38-25-7-3-2-4-8-25;3-1(4)2(5)6/h2-14,22H,15-21H2,1H3,(H,31,35);(H,3,4)(H,5,6). The molecule has 5 rings (SSSR count). The summed E-state index contributed by atoms with van der Waals surface area (Å²) in [5.41, 5.74) is 3.22. The van der Waals surface area contributed by atoms with E-state index in [0.29, 0.717) is 30.3 Å². The predicted molar refractivity (Wildman–Crippen MR) is 161 cm³/mol. The lowest BCUT2D eigenvalue weighted by molar-refractivity contribution is -0.159. The zero-order chi connectivity index (χ0) is 31.5. The fourth-order valence-electron chi connectivity index (χ4n) is 4.90. The van der Waals surface area contributed by atoms with Gasteiger partial charge in [0.2, 0.25) is 5.91 Å². The molecule has 0 bridgehead atoms. The van der Waals surface area contributed by atoms with Crippen molar-refractivity contribution in [1.82, 2.24) is 14.5 Å². The molecule has 2 heterocycles. The van der Waals surface area contributed by atoms with E-state index in [1.807, 2.05) is 48.5 Å². The number of aromatic nitrogens is 2. The average Bonchev–Trinajstić information content (AvgIpc) is 3.38. The fourth-order valence-corrected chi connectivity index (χ4v) is 4.90. The molecular weight excluding hydrogens is 568 g/mol. The highest BCUT2D eigenvalue weighted by Gasteiger charge is 2.23. The molecule has 230 valence electrons. The number of amides is 1. The SMILES string of the molecule is COC(=O)c1ccc(NC(=O)CN2CCC(Cn3c(COc4ccccc4)nc4ccccc43)CC2)cc1.O=C(O)C(=O)O. The number of likely N-dealkylation sites (tertiary alicyclic amines) is 1. The zero-order valence-corrected chi connectivity index (χ0v) is 24.2. The zero-order valence-electron chi connectivity index (χ0n) is 24.2. The van der Waals surface area contributed by atoms with E-state index in [1.54, 1.807) is 24.3 Å². The molecule has 4 aromatic rings. The second kappa shape index (κ2) is 15.3. The summed E-state index contributed by atoms with van der Waals surface area (Å²) in [5.74, 6) is -1.86. The second-order valence-electron chi connectivity index (χ2n) is 10.2. The molecule has 1 amide bonds. The summed E-state index contributed by atoms with van der Waals surface area (Å²) in [6.07, 6.45) is 2.01. The summed E-state index contributed by atoms with van der Waals surface area (Å²) < 4.78 is 13.0. The average molecular weight is 603 g/mol. The number of ether oxygens (including phenoxy) is 2. The Morgan fingerprint density at radius 1 is 0.886 bits per heavy atom. The Balaban J connectivity index is 0.000000670. The van der Waals surface area contributed by atoms with Crippen molar-refractivity contribution in [3.05, 3.63) is 90.3 Å². The monoisotopic (exact) mass is 602 g/mol. The van der Waals surface area contributed by atoms with Gasteiger partial charge in [-0.1, -0.05) is 30.3 Å². The normalized spacial score (nSPS) is 13.4. The number of nitrogens with one attached hydrogen (secondary N) is 1. The number of benzene rings is 3. The van der Waals surface area contributed by atoms with Crippen LogP contribution in [0.4, 0.5) is 5.69 Å². The number of esters is 1. The van der Waals surface area contributed by atoms with Crippen LogP contribution in [-0.2, 0) is 32.3 Å². The molecule has 12 nitrogen and oxygen atoms in total. The number of hydrogen-bond donors (Lipinski definition) is 3. The lowest BCUT2D eigenvalue weighted by Gasteiger charge is -2.32. The van der Waals surface area contributed by atoms with Crippen molar-refractivity contribution in [2.24, 2.45) is 5.92 Å². The minimum Gasteiger partial charge on any atom is -0.486 e. The largest absolute Gasteiger partial charge is 0.486 e. The van der Waals surface area contributed by atoms with Gasteiger partial charge >= 0.3 is 17.9 Å². The van der Waals surface area contributed by atoms with Crippen molar-refractivity contribution in [3.63, 3.8) is 0 Å². The molecule has 1 saturated heterocycles. The van der Waals surface area contributed by atoms with Crippen molar-refractivity contribution in [3.8, 4) is 5.75 Å². The van der Waals surface area contributed by atoms with E-state index in [2.05, 4.69) is 20.9 Å². The quantitative estimate of drug-likeness (QED) is 0.189. The Morgan fingerprint density at radius 3 is 2.16 bits per heavy atom. The third kappa shape index (κ3) is 8.88. The van der Waals surface area contributed by atoms with Crippen molar-refractivity contribution in [2.75, 3.05) is 32.1 Å². The smallest absolute Gasteiger partial charge is 0.414 e. The number of piperidine rings is 1. The number of aliphatic carboxylic acids is 2. The van der Waals surface area contributed by atoms with Crippen LogP contribution in [0.25, 0.3) is 11.0 Å². The Kier molecular flexibility index (Phi) is 11.0. The number of carboxylic acids is 2. The molecule has 1 fully saturated rings. The molecule has 1 aliphatic heterocycles. The first kappa shape index (κ1) is 31.7. The summed E-state index contributed by atoms with van der Waals surface area (Å²) in [7, 11) is 1.35. The van der Waals surface area contributed by atoms with Crippen LogP contribution in [0.3, 0.4) is 0 Å². The molecule has 0 aliphatic carbocycles. The topological polar surface area (TPSA) is 160 Å². The van der Waals surface area contributed by atoms with Crippen LogP contribution < -0.4 is 10.1 Å². The number of hydrogen-bond acceptors (Lipinski definition) is 8. The maximum absolute atomic E-state index is 12.6. The highest BCUT2D eigenvalue weighted by Crippen LogP contribution is 2.24. The van der Waals surface area contributed by atoms with E-state index in [9.17, 15) is 9.59 Å². The van der Waals surface area contributed by atoms with E-state index in [-0.39, 0.29) is 5.91 Å². The summed E-state index contributed by atoms with van der Waals surface area (Å²) in [6, 6.07) is 24.8. The number of nitrogens with zero attached hydrogens (tertiary/aromatic N) is 3. The minimum atomic E-state index is -1.82. The van der Waals surface area contributed by atoms with Gasteiger partial charge < -0.3 is 29.6 Å². The van der Waals surface area contributed by atoms with Gasteiger partial charge in [0.25, 0.3) is 0 Å². The van der Waals surface area contributed by atoms with Gasteiger partial charge in [-0.2, -0.15) is 0 Å². The summed E-state index contributed by atoms with van der Waals surface area (Å²) in [6.45, 7) is 3.36. The number of fused-ring (bicyclic) bond motifs is 1. The Hall–Kier alpha value is -5.23. The summed E-state index contributed by atoms with van der Waals surface area (Å²) >= 11 is 0. The number of methoxy groups -OCH3 is 1. The molecule has 0 unspecified atom stereocenters. The molecule has 0 radical (unpaired) electrons. The number of anilines is 1. The number of carbonyl (C=O) groups excluding carboxylic acids is 2. The van der Waals surface area contributed by atoms with Gasteiger partial charge in [0.15, 0.2) is 0 Å². The summed E-state index contributed by atoms with van der Waals surface area (Å²) in [4.78, 5) is 49.4. The maximum atomic E-state index is 12.6. The van der Waals surface area contributed by atoms with Crippen LogP contribution in [0.15, 0.2) is 78.9 Å². The molecule has 0 atom stereocenters. The first-order valence-corrected chi connectivity index (χ1v) is 14.0. The molecule has 1 aromatic heterocycles. The van der Waals surface area contributed by atoms with Gasteiger partial charge in [0.1, 0.15) is 18.2 Å². The minimum absolute atomic E-state index is 0.0600. The number of rotatable bonds is 9. The number of carboxylic acid groups (broad SMARTS) is 2. The fraction of sp³-hybridized carbons (Fsp3) is 0.281. The van der Waals surface area contributed by atoms with E-state index in [4.69, 9.17) is 34.3 Å². The lowest BCUT2D eigenvalue weighted by atomic mass is 9.96. The van der Waals surface area contributed by atoms with Gasteiger partial charge in [0.05, 0.1) is 30.3 Å². The highest BCUT2D eigenvalue weighted by molar-refractivity contribution is 6.27. The first-order valence-electron chi connectivity index (χ1n) is 14.0. The van der Waals surface area contributed by atoms with Crippen LogP contribution in [0, 0.1) is 5.92 Å². The van der Waals surface area contributed by atoms with Crippen LogP contribution in [0.5, 0.6) is 5.75 Å². The maximum Gasteiger partial charge on any atom is 0.414 e. The molecule has 44 heavy (non-hydrogen) atoms. The van der Waals surface area contributed by atoms with Gasteiger partial charge in [-0.15, -0.1) is 0 Å². The van der Waals surface area contributed by atoms with E-state index in [0.717, 1.165) is 55.1 Å². The van der Waals surface area contributed by atoms with E-state index >= 15 is 0 Å². The lowest BCUT2D eigenvalue weighted by Crippen LogP contribution is -2.40. The molecule has 3 N–H and O–H groups in total. The van der Waals surface area contributed by atoms with Crippen molar-refractivity contribution < 1.29 is 38.9 Å². The van der Waals surface area contributed by atoms with E-state index in [1.165, 1.54) is 7.11 Å². The Bertz CT molecular complexity index is 1570. The highest BCUT2D eigenvalue weighted by atomic mass is 16.5. The Morgan fingerprint density at radius 2 is 1.52 bits per heavy atom. The van der Waals surface area contributed by atoms with Gasteiger partial charge in [-0.3, -0.25) is 9.69 Å². The van der Waals surface area contributed by atoms with Crippen LogP contribution >= 0.6 is 0 Å². The van der Waals surface area contributed by atoms with Gasteiger partial charge in [0, 0.05) is 12.2 Å². The van der Waals surface area contributed by atoms with E-state index < -0.39 is 17.9 Å². The third-order valence-corrected chi connectivity index (χ3v) is 7.13. The number of imidazole rings is 1. The molecule has 0 spiro atoms. The predicted octanol–water partition coefficient (Wildman–Crippen LogP) is 3.91. The van der Waals surface area contributed by atoms with Crippen molar-refractivity contribution in [1.29, 1.82) is 0 Å². The first-order chi connectivity index (χ1) is 21.2. The number of para-hydroxylation sites is 3. The Labute approximate surface area is 253 Å². The van der Waals surface area contributed by atoms with Gasteiger partial charge in [-0.25, -0.2) is 19.4 Å². The molecular formula is C32H34N4O8. The van der Waals surface area contributed by atoms with Crippen LogP contribution in [0.2, 0.25) is 0 Å². The van der Waals surface area contributed by atoms with Crippen LogP contribution in [0.1, 0.15) is 29.0 Å². The second-order valence-corrected chi connectivity index (χ2v) is 10.2. The molecule has 0 saturated carbocycles. The summed E-state index contributed by atoms with van der Waals surface area (Å²) in [5, 5.41) is 17.7. The number of carbonyl (C=O) groups is 4. The molecule has 1 aliphatic rings. The molecule has 12 heteroatoms. The van der Waals surface area contributed by atoms with Crippen LogP contribution in [-0.4, -0.2) is 75.2 Å². The van der Waals surface area contributed by atoms with Crippen molar-refractivity contribution in [2.45, 2.75) is 26.0 Å². The third-order valence-electron chi connectivity index (χ3n) is 7.13. The molecule has 3 aromatic carbocycles. The van der Waals surface area contributed by atoms with Gasteiger partial charge in [-0.05, 0) is 80.4 Å².